The Morgan fingerprint density at radius 3 is 1.07 bits per heavy atom. The summed E-state index contributed by atoms with van der Waals surface area (Å²) in [5.74, 6) is -4.20. The number of aliphatic hydroxyl groups is 1. The Bertz CT molecular complexity index is 769. The van der Waals surface area contributed by atoms with Crippen LogP contribution in [0.2, 0.25) is 0 Å². The van der Waals surface area contributed by atoms with Gasteiger partial charge in [-0.05, 0) is 24.6 Å². The molecule has 0 saturated heterocycles. The zero-order chi connectivity index (χ0) is 29.8. The minimum absolute atomic E-state index is 0.266. The van der Waals surface area contributed by atoms with Crippen LogP contribution in [0.5, 0.6) is 0 Å². The fourth-order valence-electron chi connectivity index (χ4n) is 4.76. The first kappa shape index (κ1) is 37.6. The Morgan fingerprint density at radius 1 is 0.475 bits per heavy atom. The molecule has 0 amide bonds. The highest BCUT2D eigenvalue weighted by Gasteiger charge is 2.18. The monoisotopic (exact) mass is 564 g/mol. The highest BCUT2D eigenvalue weighted by Crippen LogP contribution is 2.15. The van der Waals surface area contributed by atoms with E-state index in [0.29, 0.717) is 6.61 Å². The molecule has 7 heteroatoms. The van der Waals surface area contributed by atoms with E-state index in [1.54, 1.807) is 0 Å². The molecule has 0 aromatic heterocycles. The average Bonchev–Trinajstić information content (AvgIpc) is 2.93. The highest BCUT2D eigenvalue weighted by atomic mass is 16.4. The second kappa shape index (κ2) is 26.8. The maximum absolute atomic E-state index is 10.6. The van der Waals surface area contributed by atoms with E-state index in [1.807, 2.05) is 0 Å². The molecule has 1 aromatic carbocycles. The molecule has 0 fully saturated rings. The number of carboxylic acid groups (broad SMARTS) is 3. The molecule has 230 valence electrons. The van der Waals surface area contributed by atoms with E-state index < -0.39 is 29.0 Å². The smallest absolute Gasteiger partial charge is 0.336 e. The molecule has 0 heterocycles. The lowest BCUT2D eigenvalue weighted by molar-refractivity contribution is 0.0649. The predicted molar refractivity (Wildman–Crippen MR) is 162 cm³/mol. The molecule has 0 bridgehead atoms. The maximum Gasteiger partial charge on any atom is 0.336 e. The van der Waals surface area contributed by atoms with Gasteiger partial charge in [-0.25, -0.2) is 14.4 Å². The summed E-state index contributed by atoms with van der Waals surface area (Å²) in [6.45, 7) is 2.67. The Labute approximate surface area is 242 Å². The fraction of sp³-hybridized carbons (Fsp3) is 0.727. The van der Waals surface area contributed by atoms with Crippen molar-refractivity contribution in [3.8, 4) is 0 Å². The molecule has 0 aliphatic carbocycles. The van der Waals surface area contributed by atoms with Crippen molar-refractivity contribution in [1.29, 1.82) is 0 Å². The zero-order valence-corrected chi connectivity index (χ0v) is 25.0. The Balaban J connectivity index is 0.000000858. The van der Waals surface area contributed by atoms with Gasteiger partial charge in [0.25, 0.3) is 0 Å². The molecule has 7 nitrogen and oxygen atoms in total. The van der Waals surface area contributed by atoms with E-state index in [0.717, 1.165) is 24.6 Å². The van der Waals surface area contributed by atoms with E-state index in [-0.39, 0.29) is 5.56 Å². The van der Waals surface area contributed by atoms with Gasteiger partial charge in [0.05, 0.1) is 16.7 Å². The zero-order valence-electron chi connectivity index (χ0n) is 25.0. The Hall–Kier alpha value is -2.41. The molecule has 1 rings (SSSR count). The van der Waals surface area contributed by atoms with Crippen molar-refractivity contribution in [3.05, 3.63) is 34.9 Å². The molecule has 0 saturated carbocycles. The summed E-state index contributed by atoms with van der Waals surface area (Å²) in [5.41, 5.74) is -1.24. The molecular weight excluding hydrogens is 508 g/mol. The lowest BCUT2D eigenvalue weighted by Gasteiger charge is -2.04. The first-order chi connectivity index (χ1) is 19.3. The number of rotatable bonds is 25. The van der Waals surface area contributed by atoms with Gasteiger partial charge in [0.15, 0.2) is 0 Å². The summed E-state index contributed by atoms with van der Waals surface area (Å²) in [4.78, 5) is 31.8. The Morgan fingerprint density at radius 2 is 0.800 bits per heavy atom. The van der Waals surface area contributed by atoms with Crippen LogP contribution < -0.4 is 0 Å². The molecule has 0 atom stereocenters. The van der Waals surface area contributed by atoms with Crippen LogP contribution in [0, 0.1) is 0 Å². The van der Waals surface area contributed by atoms with Crippen LogP contribution in [0.15, 0.2) is 18.2 Å². The molecule has 4 N–H and O–H groups in total. The summed E-state index contributed by atoms with van der Waals surface area (Å²) in [5, 5.41) is 34.6. The van der Waals surface area contributed by atoms with Gasteiger partial charge in [0, 0.05) is 6.61 Å². The lowest BCUT2D eigenvalue weighted by atomic mass is 10.0. The second-order valence-corrected chi connectivity index (χ2v) is 10.8. The maximum atomic E-state index is 10.6. The fourth-order valence-corrected chi connectivity index (χ4v) is 4.76. The third-order valence-electron chi connectivity index (χ3n) is 7.24. The van der Waals surface area contributed by atoms with Gasteiger partial charge in [-0.3, -0.25) is 0 Å². The van der Waals surface area contributed by atoms with Crippen LogP contribution in [0.25, 0.3) is 0 Å². The molecule has 0 unspecified atom stereocenters. The van der Waals surface area contributed by atoms with Crippen LogP contribution in [-0.2, 0) is 0 Å². The molecule has 0 aliphatic heterocycles. The summed E-state index contributed by atoms with van der Waals surface area (Å²) >= 11 is 0. The molecule has 1 aromatic rings. The number of benzene rings is 1. The van der Waals surface area contributed by atoms with E-state index in [2.05, 4.69) is 6.92 Å². The van der Waals surface area contributed by atoms with Gasteiger partial charge in [0.2, 0.25) is 0 Å². The van der Waals surface area contributed by atoms with E-state index in [9.17, 15) is 14.4 Å². The third-order valence-corrected chi connectivity index (χ3v) is 7.24. The van der Waals surface area contributed by atoms with Gasteiger partial charge in [-0.2, -0.15) is 0 Å². The predicted octanol–water partition coefficient (Wildman–Crippen LogP) is 9.36. The minimum atomic E-state index is -1.48. The van der Waals surface area contributed by atoms with Crippen molar-refractivity contribution in [1.82, 2.24) is 0 Å². The largest absolute Gasteiger partial charge is 0.478 e. The van der Waals surface area contributed by atoms with Crippen molar-refractivity contribution in [2.45, 2.75) is 148 Å². The number of carboxylic acids is 3. The van der Waals surface area contributed by atoms with Crippen LogP contribution in [0.3, 0.4) is 0 Å². The summed E-state index contributed by atoms with van der Waals surface area (Å²) in [6, 6.07) is 2.81. The number of aromatic carboxylic acids is 3. The number of aliphatic hydroxyl groups excluding tert-OH is 1. The lowest BCUT2D eigenvalue weighted by Crippen LogP contribution is -2.10. The number of hydrogen-bond donors (Lipinski definition) is 4. The molecule has 0 radical (unpaired) electrons. The Kier molecular flexibility index (Phi) is 25.2. The summed E-state index contributed by atoms with van der Waals surface area (Å²) in [7, 11) is 0. The second-order valence-electron chi connectivity index (χ2n) is 10.8. The number of hydrogen-bond acceptors (Lipinski definition) is 4. The van der Waals surface area contributed by atoms with Crippen LogP contribution in [-0.4, -0.2) is 44.9 Å². The van der Waals surface area contributed by atoms with Crippen molar-refractivity contribution >= 4 is 17.9 Å². The average molecular weight is 565 g/mol. The van der Waals surface area contributed by atoms with Crippen molar-refractivity contribution in [2.75, 3.05) is 6.61 Å². The first-order valence-corrected chi connectivity index (χ1v) is 15.8. The molecule has 40 heavy (non-hydrogen) atoms. The van der Waals surface area contributed by atoms with Gasteiger partial charge < -0.3 is 20.4 Å². The van der Waals surface area contributed by atoms with E-state index >= 15 is 0 Å². The van der Waals surface area contributed by atoms with Crippen molar-refractivity contribution in [3.63, 3.8) is 0 Å². The SMILES string of the molecule is CCCCCCCCCCCCCCCCCCCCCCCCO.O=C(O)c1ccc(C(=O)O)c(C(=O)O)c1. The quantitative estimate of drug-likeness (QED) is 0.0869. The van der Waals surface area contributed by atoms with E-state index in [4.69, 9.17) is 20.4 Å². The number of unbranched alkanes of at least 4 members (excludes halogenated alkanes) is 21. The van der Waals surface area contributed by atoms with Gasteiger partial charge >= 0.3 is 17.9 Å². The van der Waals surface area contributed by atoms with Crippen LogP contribution >= 0.6 is 0 Å². The highest BCUT2D eigenvalue weighted by molar-refractivity contribution is 6.03. The summed E-state index contributed by atoms with van der Waals surface area (Å²) < 4.78 is 0. The molecular formula is C33H56O7. The van der Waals surface area contributed by atoms with Crippen LogP contribution in [0.1, 0.15) is 179 Å². The minimum Gasteiger partial charge on any atom is -0.478 e. The molecule has 0 aliphatic rings. The number of carbonyl (C=O) groups is 3. The van der Waals surface area contributed by atoms with Crippen molar-refractivity contribution < 1.29 is 34.8 Å². The topological polar surface area (TPSA) is 132 Å². The third kappa shape index (κ3) is 21.4. The van der Waals surface area contributed by atoms with Crippen molar-refractivity contribution in [2.24, 2.45) is 0 Å². The van der Waals surface area contributed by atoms with E-state index in [1.165, 1.54) is 135 Å². The van der Waals surface area contributed by atoms with Crippen LogP contribution in [0.4, 0.5) is 0 Å². The molecule has 0 spiro atoms. The first-order valence-electron chi connectivity index (χ1n) is 15.8. The summed E-state index contributed by atoms with van der Waals surface area (Å²) in [6.07, 6.45) is 31.1. The van der Waals surface area contributed by atoms with Gasteiger partial charge in [-0.15, -0.1) is 0 Å². The van der Waals surface area contributed by atoms with Gasteiger partial charge in [-0.1, -0.05) is 142 Å². The van der Waals surface area contributed by atoms with Gasteiger partial charge in [0.1, 0.15) is 0 Å². The normalized spacial score (nSPS) is 10.7. The standard InChI is InChI=1S/C24H50O.C9H6O6/c1-2-3-4-5-6-7-8-9-10-11-12-13-14-15-16-17-18-19-20-21-22-23-24-25;10-7(11)4-1-2-5(8(12)13)6(3-4)9(14)15/h25H,2-24H2,1H3;1-3H,(H,10,11)(H,12,13)(H,14,15).